The van der Waals surface area contributed by atoms with Crippen LogP contribution in [-0.2, 0) is 9.59 Å². The highest BCUT2D eigenvalue weighted by Gasteiger charge is 2.34. The van der Waals surface area contributed by atoms with Gasteiger partial charge in [-0.25, -0.2) is 9.97 Å². The third kappa shape index (κ3) is 9.15. The molecule has 2 aliphatic rings. The largest absolute Gasteiger partial charge is 0.341 e. The molecule has 0 saturated carbocycles. The number of aromatic amines is 2. The molecule has 0 unspecified atom stereocenters. The molecule has 284 valence electrons. The zero-order valence-electron chi connectivity index (χ0n) is 32.5. The Bertz CT molecular complexity index is 2090. The monoisotopic (exact) mass is 736 g/mol. The second-order valence-corrected chi connectivity index (χ2v) is 14.0. The van der Waals surface area contributed by atoms with Crippen LogP contribution in [0.4, 0.5) is 0 Å². The predicted molar refractivity (Wildman–Crippen MR) is 218 cm³/mol. The molecule has 0 spiro atoms. The minimum absolute atomic E-state index is 0.0289. The van der Waals surface area contributed by atoms with Gasteiger partial charge in [0.05, 0.1) is 59.9 Å². The predicted octanol–water partition coefficient (Wildman–Crippen LogP) is 9.17. The molecule has 3 aromatic heterocycles. The Morgan fingerprint density at radius 1 is 0.673 bits per heavy atom. The Morgan fingerprint density at radius 2 is 1.22 bits per heavy atom. The third-order valence-corrected chi connectivity index (χ3v) is 10.5. The van der Waals surface area contributed by atoms with Crippen molar-refractivity contribution in [3.8, 4) is 33.9 Å². The van der Waals surface area contributed by atoms with Gasteiger partial charge in [0.1, 0.15) is 23.6 Å². The van der Waals surface area contributed by atoms with Crippen LogP contribution in [0.5, 0.6) is 0 Å². The Kier molecular flexibility index (Phi) is 13.1. The summed E-state index contributed by atoms with van der Waals surface area (Å²) in [6, 6.07) is 28.3. The summed E-state index contributed by atoms with van der Waals surface area (Å²) in [5.41, 5.74) is 7.54. The standard InChI is InChI=1S/C34H36N8O.C9H10O.C2H6/c1-22(23-8-4-3-5-9-23)34(43)42-17-7-11-31(42)33-38-21-29(40-33)28-20-35-26(18-36-28)24-12-14-25(15-13-24)27-19-37-32(39-27)30-10-6-16-41(30)2;1-8(7-10)9-5-3-2-4-6-9;1-2/h3-5,8-9,12-15,18-22,30-31H,6-7,10-11,16-17H2,1-2H3,(H,37,39)(H,38,40);2-8H,1H3;1-2H3/t22-,30+,31+;8-;/m10./s1. The summed E-state index contributed by atoms with van der Waals surface area (Å²) < 4.78 is 0. The zero-order valence-corrected chi connectivity index (χ0v) is 32.5. The number of hydrogen-bond acceptors (Lipinski definition) is 7. The average Bonchev–Trinajstić information content (AvgIpc) is 4.10. The highest BCUT2D eigenvalue weighted by molar-refractivity contribution is 5.84. The van der Waals surface area contributed by atoms with Crippen molar-refractivity contribution in [2.24, 2.45) is 0 Å². The highest BCUT2D eigenvalue weighted by atomic mass is 16.2. The topological polar surface area (TPSA) is 124 Å². The van der Waals surface area contributed by atoms with Crippen LogP contribution in [-0.4, -0.2) is 72.0 Å². The Labute approximate surface area is 324 Å². The maximum Gasteiger partial charge on any atom is 0.230 e. The number of likely N-dealkylation sites (tertiary alicyclic amines) is 2. The van der Waals surface area contributed by atoms with Crippen molar-refractivity contribution in [2.45, 2.75) is 77.3 Å². The van der Waals surface area contributed by atoms with E-state index in [9.17, 15) is 9.59 Å². The number of aromatic nitrogens is 6. The summed E-state index contributed by atoms with van der Waals surface area (Å²) in [6.45, 7) is 9.73. The number of benzene rings is 3. The molecular weight excluding hydrogens is 685 g/mol. The van der Waals surface area contributed by atoms with Crippen molar-refractivity contribution < 1.29 is 9.59 Å². The van der Waals surface area contributed by atoms with Gasteiger partial charge in [0, 0.05) is 18.0 Å². The Balaban J connectivity index is 0.000000371. The molecule has 55 heavy (non-hydrogen) atoms. The number of nitrogens with one attached hydrogen (secondary N) is 2. The molecule has 10 nitrogen and oxygen atoms in total. The smallest absolute Gasteiger partial charge is 0.230 e. The van der Waals surface area contributed by atoms with Crippen LogP contribution in [0.15, 0.2) is 110 Å². The van der Waals surface area contributed by atoms with E-state index in [4.69, 9.17) is 4.98 Å². The van der Waals surface area contributed by atoms with Crippen LogP contribution in [0.3, 0.4) is 0 Å². The molecule has 5 heterocycles. The van der Waals surface area contributed by atoms with Crippen molar-refractivity contribution >= 4 is 12.2 Å². The third-order valence-electron chi connectivity index (χ3n) is 10.5. The van der Waals surface area contributed by atoms with Gasteiger partial charge in [-0.3, -0.25) is 19.7 Å². The molecular formula is C45H52N8O2. The SMILES string of the molecule is CC.C[C@@H](C(=O)N1CCC[C@H]1c1ncc(-c2cnc(-c3ccc(-c4cnc([C@@H]5CCCN5C)[nH]4)cc3)cn2)[nH]1)c1ccccc1.C[C@@H](C=O)c1ccccc1. The molecule has 2 aliphatic heterocycles. The number of amides is 1. The summed E-state index contributed by atoms with van der Waals surface area (Å²) in [5.74, 6) is 1.80. The summed E-state index contributed by atoms with van der Waals surface area (Å²) in [4.78, 5) is 53.7. The Morgan fingerprint density at radius 3 is 1.84 bits per heavy atom. The number of aldehydes is 1. The van der Waals surface area contributed by atoms with Gasteiger partial charge in [-0.1, -0.05) is 106 Å². The molecule has 4 atom stereocenters. The molecule has 8 rings (SSSR count). The fraction of sp³-hybridized carbons (Fsp3) is 0.333. The van der Waals surface area contributed by atoms with E-state index in [-0.39, 0.29) is 23.8 Å². The fourth-order valence-electron chi connectivity index (χ4n) is 7.26. The maximum atomic E-state index is 13.4. The first-order valence-electron chi connectivity index (χ1n) is 19.5. The van der Waals surface area contributed by atoms with Crippen LogP contribution in [0.2, 0.25) is 0 Å². The second-order valence-electron chi connectivity index (χ2n) is 14.0. The first-order valence-corrected chi connectivity index (χ1v) is 19.5. The average molecular weight is 737 g/mol. The molecule has 0 bridgehead atoms. The van der Waals surface area contributed by atoms with Gasteiger partial charge >= 0.3 is 0 Å². The second kappa shape index (κ2) is 18.5. The van der Waals surface area contributed by atoms with Gasteiger partial charge in [-0.05, 0) is 62.9 Å². The quantitative estimate of drug-likeness (QED) is 0.142. The maximum absolute atomic E-state index is 13.4. The normalized spacial score (nSPS) is 17.7. The summed E-state index contributed by atoms with van der Waals surface area (Å²) >= 11 is 0. The van der Waals surface area contributed by atoms with E-state index in [1.54, 1.807) is 18.6 Å². The van der Waals surface area contributed by atoms with Gasteiger partial charge in [0.2, 0.25) is 5.91 Å². The number of hydrogen-bond donors (Lipinski definition) is 2. The van der Waals surface area contributed by atoms with E-state index in [2.05, 4.69) is 61.1 Å². The van der Waals surface area contributed by atoms with Crippen molar-refractivity contribution in [1.82, 2.24) is 39.7 Å². The molecule has 3 aromatic carbocycles. The molecule has 2 fully saturated rings. The van der Waals surface area contributed by atoms with E-state index >= 15 is 0 Å². The zero-order chi connectivity index (χ0) is 38.7. The molecule has 10 heteroatoms. The molecule has 0 radical (unpaired) electrons. The van der Waals surface area contributed by atoms with Crippen LogP contribution < -0.4 is 0 Å². The summed E-state index contributed by atoms with van der Waals surface area (Å²) in [6.07, 6.45) is 12.4. The first-order chi connectivity index (χ1) is 26.9. The number of imidazole rings is 2. The van der Waals surface area contributed by atoms with Gasteiger partial charge in [-0.2, -0.15) is 0 Å². The van der Waals surface area contributed by atoms with Crippen LogP contribution >= 0.6 is 0 Å². The molecule has 2 N–H and O–H groups in total. The van der Waals surface area contributed by atoms with Gasteiger partial charge < -0.3 is 19.7 Å². The van der Waals surface area contributed by atoms with Crippen LogP contribution in [0.25, 0.3) is 33.9 Å². The Hall–Kier alpha value is -5.74. The molecule has 1 amide bonds. The van der Waals surface area contributed by atoms with Crippen molar-refractivity contribution in [3.05, 3.63) is 132 Å². The van der Waals surface area contributed by atoms with E-state index < -0.39 is 0 Å². The van der Waals surface area contributed by atoms with Crippen LogP contribution in [0.1, 0.15) is 100 Å². The summed E-state index contributed by atoms with van der Waals surface area (Å²) in [5, 5.41) is 0. The van der Waals surface area contributed by atoms with Gasteiger partial charge in [0.25, 0.3) is 0 Å². The molecule has 0 aliphatic carbocycles. The van der Waals surface area contributed by atoms with Crippen molar-refractivity contribution in [2.75, 3.05) is 20.1 Å². The van der Waals surface area contributed by atoms with E-state index in [1.807, 2.05) is 99.5 Å². The molecule has 2 saturated heterocycles. The highest BCUT2D eigenvalue weighted by Crippen LogP contribution is 2.35. The number of H-pyrrole nitrogens is 2. The van der Waals surface area contributed by atoms with Crippen molar-refractivity contribution in [1.29, 1.82) is 0 Å². The number of rotatable bonds is 9. The van der Waals surface area contributed by atoms with E-state index in [1.165, 1.54) is 6.42 Å². The van der Waals surface area contributed by atoms with E-state index in [0.29, 0.717) is 6.04 Å². The number of nitrogens with zero attached hydrogens (tertiary/aromatic N) is 6. The number of carbonyl (C=O) groups is 2. The van der Waals surface area contributed by atoms with Crippen LogP contribution in [0, 0.1) is 0 Å². The minimum atomic E-state index is -0.195. The minimum Gasteiger partial charge on any atom is -0.341 e. The lowest BCUT2D eigenvalue weighted by Gasteiger charge is -2.26. The van der Waals surface area contributed by atoms with E-state index in [0.717, 1.165) is 95.3 Å². The lowest BCUT2D eigenvalue weighted by Crippen LogP contribution is -2.34. The van der Waals surface area contributed by atoms with Gasteiger partial charge in [0.15, 0.2) is 0 Å². The first kappa shape index (κ1) is 39.0. The van der Waals surface area contributed by atoms with Gasteiger partial charge in [-0.15, -0.1) is 0 Å². The summed E-state index contributed by atoms with van der Waals surface area (Å²) in [7, 11) is 2.16. The number of carbonyl (C=O) groups excluding carboxylic acids is 2. The lowest BCUT2D eigenvalue weighted by molar-refractivity contribution is -0.133. The van der Waals surface area contributed by atoms with Crippen molar-refractivity contribution in [3.63, 3.8) is 0 Å². The fourth-order valence-corrected chi connectivity index (χ4v) is 7.26. The molecule has 6 aromatic rings. The lowest BCUT2D eigenvalue weighted by atomic mass is 9.99.